The third kappa shape index (κ3) is 4.43. The Labute approximate surface area is 197 Å². The number of para-hydroxylation sites is 1. The van der Waals surface area contributed by atoms with Gasteiger partial charge in [0.2, 0.25) is 5.91 Å². The fraction of sp³-hybridized carbons (Fsp3) is 0.160. The molecule has 0 radical (unpaired) electrons. The van der Waals surface area contributed by atoms with Crippen LogP contribution in [0.2, 0.25) is 0 Å². The third-order valence-corrected chi connectivity index (χ3v) is 6.49. The van der Waals surface area contributed by atoms with Crippen molar-refractivity contribution in [1.29, 1.82) is 0 Å². The Balaban J connectivity index is 1.73. The molecule has 0 fully saturated rings. The van der Waals surface area contributed by atoms with Crippen molar-refractivity contribution in [3.8, 4) is 5.69 Å². The number of amides is 1. The van der Waals surface area contributed by atoms with Crippen LogP contribution in [0, 0.1) is 31.3 Å². The molecule has 1 amide bonds. The Kier molecular flexibility index (Phi) is 6.47. The second-order valence-electron chi connectivity index (χ2n) is 7.79. The molecule has 1 heterocycles. The van der Waals surface area contributed by atoms with Gasteiger partial charge in [-0.25, -0.2) is 18.2 Å². The normalized spacial score (nSPS) is 12.1. The van der Waals surface area contributed by atoms with Gasteiger partial charge >= 0.3 is 0 Å². The molecule has 4 aromatic rings. The first-order valence-corrected chi connectivity index (χ1v) is 11.3. The van der Waals surface area contributed by atoms with E-state index in [1.807, 2.05) is 26.0 Å². The Morgan fingerprint density at radius 3 is 2.47 bits per heavy atom. The standard InChI is InChI=1S/C25H20F3N3O2S/c1-13-8-9-16(12-14(13)2)31-24(33)17-6-4-5-7-19(17)30-25(31)34-15(3)23(32)29-20-11-10-18(26)21(27)22(20)28/h4-12,15H,1-3H3,(H,29,32). The van der Waals surface area contributed by atoms with E-state index in [-0.39, 0.29) is 10.7 Å². The number of nitrogens with one attached hydrogen (secondary N) is 1. The minimum atomic E-state index is -1.67. The zero-order chi connectivity index (χ0) is 24.6. The zero-order valence-electron chi connectivity index (χ0n) is 18.5. The number of thioether (sulfide) groups is 1. The average Bonchev–Trinajstić information content (AvgIpc) is 2.81. The molecule has 0 saturated heterocycles. The van der Waals surface area contributed by atoms with E-state index in [9.17, 15) is 22.8 Å². The minimum absolute atomic E-state index is 0.264. The van der Waals surface area contributed by atoms with Crippen molar-refractivity contribution in [2.75, 3.05) is 5.32 Å². The third-order valence-electron chi connectivity index (χ3n) is 5.44. The topological polar surface area (TPSA) is 64.0 Å². The summed E-state index contributed by atoms with van der Waals surface area (Å²) < 4.78 is 42.2. The fourth-order valence-corrected chi connectivity index (χ4v) is 4.28. The maximum Gasteiger partial charge on any atom is 0.266 e. The summed E-state index contributed by atoms with van der Waals surface area (Å²) in [5.74, 6) is -5.17. The van der Waals surface area contributed by atoms with E-state index in [0.717, 1.165) is 35.0 Å². The van der Waals surface area contributed by atoms with Crippen LogP contribution in [0.15, 0.2) is 64.5 Å². The van der Waals surface area contributed by atoms with E-state index in [4.69, 9.17) is 0 Å². The molecule has 0 aliphatic carbocycles. The van der Waals surface area contributed by atoms with Gasteiger partial charge in [-0.1, -0.05) is 30.0 Å². The lowest BCUT2D eigenvalue weighted by Crippen LogP contribution is -2.26. The summed E-state index contributed by atoms with van der Waals surface area (Å²) in [5, 5.41) is 2.11. The lowest BCUT2D eigenvalue weighted by atomic mass is 10.1. The summed E-state index contributed by atoms with van der Waals surface area (Å²) in [6.07, 6.45) is 0. The number of benzene rings is 3. The van der Waals surface area contributed by atoms with E-state index in [1.54, 1.807) is 37.3 Å². The highest BCUT2D eigenvalue weighted by molar-refractivity contribution is 8.00. The number of carbonyl (C=O) groups excluding carboxylic acids is 1. The molecule has 0 spiro atoms. The smallest absolute Gasteiger partial charge is 0.266 e. The molecule has 9 heteroatoms. The van der Waals surface area contributed by atoms with Crippen molar-refractivity contribution in [1.82, 2.24) is 9.55 Å². The first-order valence-electron chi connectivity index (χ1n) is 10.4. The predicted molar refractivity (Wildman–Crippen MR) is 127 cm³/mol. The highest BCUT2D eigenvalue weighted by Crippen LogP contribution is 2.27. The number of fused-ring (bicyclic) bond motifs is 1. The van der Waals surface area contributed by atoms with Crippen LogP contribution >= 0.6 is 11.8 Å². The van der Waals surface area contributed by atoms with Gasteiger partial charge in [0, 0.05) is 0 Å². The molecule has 174 valence electrons. The second-order valence-corrected chi connectivity index (χ2v) is 9.10. The van der Waals surface area contributed by atoms with Crippen molar-refractivity contribution in [2.45, 2.75) is 31.2 Å². The van der Waals surface area contributed by atoms with E-state index in [1.165, 1.54) is 4.57 Å². The highest BCUT2D eigenvalue weighted by atomic mass is 32.2. The van der Waals surface area contributed by atoms with Crippen molar-refractivity contribution in [3.63, 3.8) is 0 Å². The van der Waals surface area contributed by atoms with Crippen LogP contribution in [-0.2, 0) is 4.79 Å². The summed E-state index contributed by atoms with van der Waals surface area (Å²) in [7, 11) is 0. The summed E-state index contributed by atoms with van der Waals surface area (Å²) in [4.78, 5) is 30.7. The van der Waals surface area contributed by atoms with Gasteiger partial charge < -0.3 is 5.32 Å². The number of anilines is 1. The first kappa shape index (κ1) is 23.6. The number of aryl methyl sites for hydroxylation is 2. The largest absolute Gasteiger partial charge is 0.323 e. The van der Waals surface area contributed by atoms with Crippen LogP contribution in [0.4, 0.5) is 18.9 Å². The molecule has 1 atom stereocenters. The van der Waals surface area contributed by atoms with Gasteiger partial charge in [0.05, 0.1) is 27.5 Å². The molecule has 3 aromatic carbocycles. The van der Waals surface area contributed by atoms with Crippen molar-refractivity contribution < 1.29 is 18.0 Å². The molecule has 0 aliphatic heterocycles. The lowest BCUT2D eigenvalue weighted by Gasteiger charge is -2.17. The van der Waals surface area contributed by atoms with Gasteiger partial charge in [-0.2, -0.15) is 0 Å². The van der Waals surface area contributed by atoms with Crippen LogP contribution in [0.3, 0.4) is 0 Å². The monoisotopic (exact) mass is 483 g/mol. The molecular formula is C25H20F3N3O2S. The second kappa shape index (κ2) is 9.34. The maximum absolute atomic E-state index is 14.0. The molecule has 1 aromatic heterocycles. The van der Waals surface area contributed by atoms with Crippen LogP contribution in [0.25, 0.3) is 16.6 Å². The van der Waals surface area contributed by atoms with Crippen LogP contribution < -0.4 is 10.9 Å². The van der Waals surface area contributed by atoms with Crippen molar-refractivity contribution >= 4 is 34.3 Å². The Bertz CT molecular complexity index is 1490. The van der Waals surface area contributed by atoms with Crippen LogP contribution in [0.5, 0.6) is 0 Å². The SMILES string of the molecule is Cc1ccc(-n2c(SC(C)C(=O)Nc3ccc(F)c(F)c3F)nc3ccccc3c2=O)cc1C. The summed E-state index contributed by atoms with van der Waals surface area (Å²) in [6.45, 7) is 5.43. The molecule has 5 nitrogen and oxygen atoms in total. The molecule has 1 unspecified atom stereocenters. The average molecular weight is 484 g/mol. The maximum atomic E-state index is 14.0. The number of hydrogen-bond donors (Lipinski definition) is 1. The Morgan fingerprint density at radius 1 is 1.00 bits per heavy atom. The van der Waals surface area contributed by atoms with Crippen molar-refractivity contribution in [3.05, 3.63) is 93.5 Å². The van der Waals surface area contributed by atoms with E-state index in [0.29, 0.717) is 16.6 Å². The van der Waals surface area contributed by atoms with Crippen molar-refractivity contribution in [2.24, 2.45) is 0 Å². The molecule has 1 N–H and O–H groups in total. The van der Waals surface area contributed by atoms with Gasteiger partial charge in [-0.15, -0.1) is 0 Å². The van der Waals surface area contributed by atoms with Gasteiger partial charge in [-0.3, -0.25) is 14.2 Å². The number of hydrogen-bond acceptors (Lipinski definition) is 4. The minimum Gasteiger partial charge on any atom is -0.323 e. The quantitative estimate of drug-likeness (QED) is 0.230. The van der Waals surface area contributed by atoms with E-state index < -0.39 is 34.3 Å². The molecule has 34 heavy (non-hydrogen) atoms. The summed E-state index contributed by atoms with van der Waals surface area (Å²) in [6, 6.07) is 14.1. The highest BCUT2D eigenvalue weighted by Gasteiger charge is 2.22. The predicted octanol–water partition coefficient (Wildman–Crippen LogP) is 5.54. The molecule has 0 saturated carbocycles. The zero-order valence-corrected chi connectivity index (χ0v) is 19.3. The lowest BCUT2D eigenvalue weighted by molar-refractivity contribution is -0.115. The van der Waals surface area contributed by atoms with E-state index in [2.05, 4.69) is 10.3 Å². The first-order chi connectivity index (χ1) is 16.2. The Hall–Kier alpha value is -3.59. The van der Waals surface area contributed by atoms with Gasteiger partial charge in [0.15, 0.2) is 22.6 Å². The summed E-state index contributed by atoms with van der Waals surface area (Å²) in [5.41, 5.74) is 2.32. The number of nitrogens with zero attached hydrogens (tertiary/aromatic N) is 2. The Morgan fingerprint density at radius 2 is 1.74 bits per heavy atom. The fourth-order valence-electron chi connectivity index (χ4n) is 3.35. The number of rotatable bonds is 5. The molecule has 0 aliphatic rings. The van der Waals surface area contributed by atoms with Gasteiger partial charge in [-0.05, 0) is 68.3 Å². The van der Waals surface area contributed by atoms with Crippen LogP contribution in [0.1, 0.15) is 18.1 Å². The molecular weight excluding hydrogens is 463 g/mol. The summed E-state index contributed by atoms with van der Waals surface area (Å²) >= 11 is 0.994. The number of halogens is 3. The number of carbonyl (C=O) groups is 1. The number of aromatic nitrogens is 2. The molecule has 4 rings (SSSR count). The molecule has 0 bridgehead atoms. The van der Waals surface area contributed by atoms with Gasteiger partial charge in [0.1, 0.15) is 0 Å². The van der Waals surface area contributed by atoms with Gasteiger partial charge in [0.25, 0.3) is 5.56 Å². The van der Waals surface area contributed by atoms with Crippen LogP contribution in [-0.4, -0.2) is 20.7 Å². The van der Waals surface area contributed by atoms with E-state index >= 15 is 0 Å².